The quantitative estimate of drug-likeness (QED) is 0.715. The number of amides is 1. The molecule has 0 heterocycles. The van der Waals surface area contributed by atoms with Crippen molar-refractivity contribution in [1.82, 2.24) is 9.62 Å². The molecule has 0 aromatic rings. The molecule has 90 valence electrons. The lowest BCUT2D eigenvalue weighted by atomic mass is 10.3. The second-order valence-corrected chi connectivity index (χ2v) is 5.70. The van der Waals surface area contributed by atoms with Gasteiger partial charge in [-0.1, -0.05) is 0 Å². The van der Waals surface area contributed by atoms with Crippen molar-refractivity contribution < 1.29 is 13.2 Å². The summed E-state index contributed by atoms with van der Waals surface area (Å²) < 4.78 is 24.6. The highest BCUT2D eigenvalue weighted by atomic mass is 32.2. The van der Waals surface area contributed by atoms with Crippen LogP contribution in [0, 0.1) is 0 Å². The molecule has 5 nitrogen and oxygen atoms in total. The van der Waals surface area contributed by atoms with Gasteiger partial charge in [-0.25, -0.2) is 13.1 Å². The van der Waals surface area contributed by atoms with E-state index in [0.29, 0.717) is 6.54 Å². The molecule has 0 fully saturated rings. The summed E-state index contributed by atoms with van der Waals surface area (Å²) in [5, 5.41) is 0. The monoisotopic (exact) mass is 236 g/mol. The van der Waals surface area contributed by atoms with E-state index in [1.807, 2.05) is 13.8 Å². The predicted molar refractivity (Wildman–Crippen MR) is 60.0 cm³/mol. The Balaban J connectivity index is 4.09. The van der Waals surface area contributed by atoms with Gasteiger partial charge in [0.2, 0.25) is 15.9 Å². The van der Waals surface area contributed by atoms with Gasteiger partial charge >= 0.3 is 0 Å². The third kappa shape index (κ3) is 5.74. The van der Waals surface area contributed by atoms with Crippen LogP contribution in [0.3, 0.4) is 0 Å². The Morgan fingerprint density at radius 3 is 2.27 bits per heavy atom. The maximum absolute atomic E-state index is 11.2. The molecule has 0 atom stereocenters. The van der Waals surface area contributed by atoms with Gasteiger partial charge in [0.15, 0.2) is 0 Å². The van der Waals surface area contributed by atoms with E-state index in [0.717, 1.165) is 0 Å². The third-order valence-corrected chi connectivity index (χ3v) is 3.49. The molecule has 0 aromatic carbocycles. The van der Waals surface area contributed by atoms with Gasteiger partial charge in [-0.3, -0.25) is 4.79 Å². The number of sulfonamides is 1. The fourth-order valence-corrected chi connectivity index (χ4v) is 1.81. The van der Waals surface area contributed by atoms with Crippen LogP contribution in [0.25, 0.3) is 0 Å². The van der Waals surface area contributed by atoms with Crippen molar-refractivity contribution in [3.05, 3.63) is 0 Å². The maximum atomic E-state index is 11.2. The van der Waals surface area contributed by atoms with E-state index in [1.54, 1.807) is 11.8 Å². The second kappa shape index (κ2) is 6.07. The van der Waals surface area contributed by atoms with Crippen LogP contribution in [0.1, 0.15) is 27.7 Å². The second-order valence-electron chi connectivity index (χ2n) is 3.60. The lowest BCUT2D eigenvalue weighted by molar-refractivity contribution is -0.130. The van der Waals surface area contributed by atoms with Gasteiger partial charge in [0, 0.05) is 26.1 Å². The molecular weight excluding hydrogens is 216 g/mol. The zero-order chi connectivity index (χ0) is 12.1. The van der Waals surface area contributed by atoms with Crippen LogP contribution in [-0.2, 0) is 14.8 Å². The van der Waals surface area contributed by atoms with Crippen molar-refractivity contribution in [2.24, 2.45) is 0 Å². The highest BCUT2D eigenvalue weighted by Gasteiger charge is 2.13. The molecule has 0 spiro atoms. The lowest BCUT2D eigenvalue weighted by Crippen LogP contribution is -2.41. The van der Waals surface area contributed by atoms with Crippen molar-refractivity contribution in [3.63, 3.8) is 0 Å². The van der Waals surface area contributed by atoms with Crippen LogP contribution in [0.15, 0.2) is 0 Å². The zero-order valence-corrected chi connectivity index (χ0v) is 10.6. The molecule has 0 aromatic heterocycles. The normalized spacial score (nSPS) is 11.8. The zero-order valence-electron chi connectivity index (χ0n) is 9.78. The van der Waals surface area contributed by atoms with Gasteiger partial charge < -0.3 is 4.90 Å². The summed E-state index contributed by atoms with van der Waals surface area (Å²) >= 11 is 0. The minimum Gasteiger partial charge on any atom is -0.339 e. The summed E-state index contributed by atoms with van der Waals surface area (Å²) in [5.41, 5.74) is 0. The Labute approximate surface area is 91.9 Å². The van der Waals surface area contributed by atoms with E-state index in [9.17, 15) is 13.2 Å². The molecule has 0 saturated carbocycles. The molecule has 0 aliphatic heterocycles. The molecule has 0 unspecified atom stereocenters. The molecule has 0 rings (SSSR count). The van der Waals surface area contributed by atoms with E-state index in [2.05, 4.69) is 4.72 Å². The maximum Gasteiger partial charge on any atom is 0.219 e. The minimum absolute atomic E-state index is 0.0410. The minimum atomic E-state index is -3.15. The van der Waals surface area contributed by atoms with Crippen molar-refractivity contribution in [1.29, 1.82) is 0 Å². The molecule has 0 bridgehead atoms. The van der Waals surface area contributed by atoms with E-state index >= 15 is 0 Å². The summed E-state index contributed by atoms with van der Waals surface area (Å²) in [6.07, 6.45) is 0. The summed E-state index contributed by atoms with van der Waals surface area (Å²) in [6, 6.07) is 0.0913. The van der Waals surface area contributed by atoms with Gasteiger partial charge in [0.05, 0.1) is 5.75 Å². The van der Waals surface area contributed by atoms with Gasteiger partial charge in [-0.15, -0.1) is 0 Å². The number of hydrogen-bond donors (Lipinski definition) is 1. The smallest absolute Gasteiger partial charge is 0.219 e. The Kier molecular flexibility index (Phi) is 5.82. The van der Waals surface area contributed by atoms with Crippen LogP contribution in [-0.4, -0.2) is 44.1 Å². The van der Waals surface area contributed by atoms with E-state index in [1.165, 1.54) is 6.92 Å². The van der Waals surface area contributed by atoms with Crippen molar-refractivity contribution in [2.75, 3.05) is 18.8 Å². The number of nitrogens with zero attached hydrogens (tertiary/aromatic N) is 1. The Bertz CT molecular complexity index is 298. The van der Waals surface area contributed by atoms with Gasteiger partial charge in [0.25, 0.3) is 0 Å². The molecule has 1 amide bonds. The molecular formula is C9H20N2O3S. The standard InChI is InChI=1S/C9H20N2O3S/c1-5-15(13,14)10-6-7-11(8(2)3)9(4)12/h8,10H,5-7H2,1-4H3. The SMILES string of the molecule is CCS(=O)(=O)NCCN(C(C)=O)C(C)C. The van der Waals surface area contributed by atoms with Crippen molar-refractivity contribution in [2.45, 2.75) is 33.7 Å². The summed E-state index contributed by atoms with van der Waals surface area (Å²) in [6.45, 7) is 7.54. The first-order chi connectivity index (χ1) is 6.80. The van der Waals surface area contributed by atoms with E-state index < -0.39 is 10.0 Å². The molecule has 0 aliphatic carbocycles. The van der Waals surface area contributed by atoms with Crippen LogP contribution in [0.4, 0.5) is 0 Å². The average molecular weight is 236 g/mol. The molecule has 1 N–H and O–H groups in total. The number of carbonyl (C=O) groups is 1. The fraction of sp³-hybridized carbons (Fsp3) is 0.889. The Hall–Kier alpha value is -0.620. The van der Waals surface area contributed by atoms with E-state index in [4.69, 9.17) is 0 Å². The summed E-state index contributed by atoms with van der Waals surface area (Å²) in [5.74, 6) is 0.0232. The number of hydrogen-bond acceptors (Lipinski definition) is 3. The highest BCUT2D eigenvalue weighted by molar-refractivity contribution is 7.89. The first-order valence-corrected chi connectivity index (χ1v) is 6.70. The van der Waals surface area contributed by atoms with E-state index in [-0.39, 0.29) is 24.2 Å². The van der Waals surface area contributed by atoms with Crippen molar-refractivity contribution >= 4 is 15.9 Å². The largest absolute Gasteiger partial charge is 0.339 e. The van der Waals surface area contributed by atoms with Crippen LogP contribution in [0.5, 0.6) is 0 Å². The highest BCUT2D eigenvalue weighted by Crippen LogP contribution is 1.97. The number of rotatable bonds is 6. The molecule has 6 heteroatoms. The summed E-state index contributed by atoms with van der Waals surface area (Å²) in [7, 11) is -3.15. The summed E-state index contributed by atoms with van der Waals surface area (Å²) in [4.78, 5) is 12.8. The molecule has 15 heavy (non-hydrogen) atoms. The van der Waals surface area contributed by atoms with Gasteiger partial charge in [-0.2, -0.15) is 0 Å². The predicted octanol–water partition coefficient (Wildman–Crippen LogP) is 0.183. The molecule has 0 aliphatic rings. The number of nitrogens with one attached hydrogen (secondary N) is 1. The van der Waals surface area contributed by atoms with Crippen LogP contribution in [0.2, 0.25) is 0 Å². The fourth-order valence-electron chi connectivity index (χ4n) is 1.20. The molecule has 0 saturated heterocycles. The third-order valence-electron chi connectivity index (χ3n) is 2.08. The van der Waals surface area contributed by atoms with Crippen molar-refractivity contribution in [3.8, 4) is 0 Å². The van der Waals surface area contributed by atoms with Crippen LogP contribution < -0.4 is 4.72 Å². The molecule has 0 radical (unpaired) electrons. The van der Waals surface area contributed by atoms with Gasteiger partial charge in [-0.05, 0) is 20.8 Å². The Morgan fingerprint density at radius 1 is 1.40 bits per heavy atom. The Morgan fingerprint density at radius 2 is 1.93 bits per heavy atom. The average Bonchev–Trinajstić information content (AvgIpc) is 2.11. The lowest BCUT2D eigenvalue weighted by Gasteiger charge is -2.25. The first kappa shape index (κ1) is 14.4. The van der Waals surface area contributed by atoms with Crippen LogP contribution >= 0.6 is 0 Å². The first-order valence-electron chi connectivity index (χ1n) is 5.04. The van der Waals surface area contributed by atoms with Gasteiger partial charge in [0.1, 0.15) is 0 Å². The number of carbonyl (C=O) groups excluding carboxylic acids is 1. The topological polar surface area (TPSA) is 66.5 Å².